The zero-order chi connectivity index (χ0) is 27.0. The van der Waals surface area contributed by atoms with Crippen LogP contribution in [0.5, 0.6) is 11.5 Å². The molecule has 2 aliphatic heterocycles. The number of phenolic OH excluding ortho intramolecular Hbond substituents is 1. The van der Waals surface area contributed by atoms with Gasteiger partial charge < -0.3 is 19.5 Å². The molecule has 0 bridgehead atoms. The third-order valence-corrected chi connectivity index (χ3v) is 8.20. The number of hydrogen-bond donors (Lipinski definition) is 2. The predicted molar refractivity (Wildman–Crippen MR) is 145 cm³/mol. The van der Waals surface area contributed by atoms with Gasteiger partial charge in [-0.3, -0.25) is 14.5 Å². The number of rotatable bonds is 7. The van der Waals surface area contributed by atoms with Gasteiger partial charge in [-0.25, -0.2) is 0 Å². The number of allylic oxidation sites excluding steroid dienone is 1. The monoisotopic (exact) mass is 535 g/mol. The van der Waals surface area contributed by atoms with Crippen LogP contribution < -0.4 is 4.74 Å². The minimum absolute atomic E-state index is 0.110. The molecule has 2 amide bonds. The summed E-state index contributed by atoms with van der Waals surface area (Å²) in [6, 6.07) is 14.3. The molecular formula is C29H31BClNO6. The average Bonchev–Trinajstić information content (AvgIpc) is 3.11. The van der Waals surface area contributed by atoms with E-state index in [4.69, 9.17) is 21.0 Å². The molecule has 7 nitrogen and oxygen atoms in total. The smallest absolute Gasteiger partial charge is 0.455 e. The maximum absolute atomic E-state index is 13.1. The Morgan fingerprint density at radius 2 is 1.95 bits per heavy atom. The van der Waals surface area contributed by atoms with E-state index in [9.17, 15) is 19.7 Å². The van der Waals surface area contributed by atoms with Crippen LogP contribution in [0.2, 0.25) is 11.3 Å². The minimum Gasteiger partial charge on any atom is -0.508 e. The molecule has 4 atom stereocenters. The Morgan fingerprint density at radius 3 is 2.68 bits per heavy atom. The van der Waals surface area contributed by atoms with E-state index in [2.05, 4.69) is 0 Å². The fourth-order valence-corrected chi connectivity index (χ4v) is 6.30. The Morgan fingerprint density at radius 1 is 1.18 bits per heavy atom. The lowest BCUT2D eigenvalue weighted by molar-refractivity contribution is -0.138. The van der Waals surface area contributed by atoms with Crippen molar-refractivity contribution in [2.24, 2.45) is 17.8 Å². The van der Waals surface area contributed by atoms with Crippen LogP contribution >= 0.6 is 11.6 Å². The van der Waals surface area contributed by atoms with Gasteiger partial charge >= 0.3 is 7.12 Å². The molecule has 2 fully saturated rings. The van der Waals surface area contributed by atoms with Gasteiger partial charge in [0.15, 0.2) is 0 Å². The maximum atomic E-state index is 13.1. The van der Waals surface area contributed by atoms with E-state index in [0.29, 0.717) is 24.3 Å². The summed E-state index contributed by atoms with van der Waals surface area (Å²) >= 11 is 6.28. The highest BCUT2D eigenvalue weighted by atomic mass is 35.5. The number of carbonyl (C=O) groups is 2. The molecule has 2 aromatic carbocycles. The van der Waals surface area contributed by atoms with Crippen LogP contribution in [0.25, 0.3) is 6.08 Å². The van der Waals surface area contributed by atoms with Crippen LogP contribution in [0, 0.1) is 17.8 Å². The number of imide groups is 1. The number of fused-ring (bicyclic) bond motifs is 3. The van der Waals surface area contributed by atoms with Crippen molar-refractivity contribution in [2.45, 2.75) is 38.6 Å². The number of para-hydroxylation sites is 1. The first-order valence-corrected chi connectivity index (χ1v) is 13.3. The molecule has 9 heteroatoms. The Hall–Kier alpha value is -3.07. The van der Waals surface area contributed by atoms with Crippen LogP contribution in [-0.4, -0.2) is 53.7 Å². The van der Waals surface area contributed by atoms with Gasteiger partial charge in [0.2, 0.25) is 11.8 Å². The molecule has 0 aromatic heterocycles. The molecule has 0 saturated carbocycles. The number of phenols is 1. The second-order valence-electron chi connectivity index (χ2n) is 10.4. The van der Waals surface area contributed by atoms with Crippen molar-refractivity contribution in [3.8, 4) is 11.5 Å². The average molecular weight is 536 g/mol. The molecule has 2 heterocycles. The number of carbonyl (C=O) groups excluding carboxylic acids is 2. The normalized spacial score (nSPS) is 25.5. The van der Waals surface area contributed by atoms with E-state index < -0.39 is 25.1 Å². The second-order valence-corrected chi connectivity index (χ2v) is 10.8. The molecule has 38 heavy (non-hydrogen) atoms. The zero-order valence-corrected chi connectivity index (χ0v) is 22.2. The van der Waals surface area contributed by atoms with E-state index in [-0.39, 0.29) is 36.4 Å². The van der Waals surface area contributed by atoms with E-state index in [1.807, 2.05) is 43.3 Å². The third kappa shape index (κ3) is 5.26. The number of benzene rings is 2. The van der Waals surface area contributed by atoms with Crippen LogP contribution in [0.1, 0.15) is 31.7 Å². The van der Waals surface area contributed by atoms with E-state index in [1.165, 1.54) is 11.0 Å². The molecule has 2 aromatic rings. The number of aromatic hydroxyl groups is 1. The highest BCUT2D eigenvalue weighted by Gasteiger charge is 2.56. The number of amides is 2. The minimum atomic E-state index is -1.02. The Balaban J connectivity index is 1.43. The molecule has 0 spiro atoms. The topological polar surface area (TPSA) is 96.3 Å². The van der Waals surface area contributed by atoms with E-state index in [0.717, 1.165) is 28.0 Å². The Labute approximate surface area is 227 Å². The first-order valence-electron chi connectivity index (χ1n) is 12.9. The quantitative estimate of drug-likeness (QED) is 0.302. The highest BCUT2D eigenvalue weighted by Crippen LogP contribution is 2.50. The number of nitrogens with zero attached hydrogens (tertiary/aromatic N) is 1. The van der Waals surface area contributed by atoms with Gasteiger partial charge in [0.05, 0.1) is 23.0 Å². The molecule has 2 N–H and O–H groups in total. The second kappa shape index (κ2) is 11.0. The molecule has 1 aliphatic carbocycles. The summed E-state index contributed by atoms with van der Waals surface area (Å²) in [5, 5.41) is 20.8. The lowest BCUT2D eigenvalue weighted by Gasteiger charge is -2.43. The summed E-state index contributed by atoms with van der Waals surface area (Å²) in [7, 11) is 0.520. The molecule has 0 radical (unpaired) electrons. The summed E-state index contributed by atoms with van der Waals surface area (Å²) in [4.78, 5) is 27.3. The van der Waals surface area contributed by atoms with Gasteiger partial charge in [-0.2, -0.15) is 0 Å². The summed E-state index contributed by atoms with van der Waals surface area (Å²) in [6.07, 6.45) is 3.52. The fourth-order valence-electron chi connectivity index (χ4n) is 6.07. The molecular weight excluding hydrogens is 505 g/mol. The van der Waals surface area contributed by atoms with E-state index in [1.54, 1.807) is 19.2 Å². The first-order chi connectivity index (χ1) is 18.2. The van der Waals surface area contributed by atoms with E-state index >= 15 is 0 Å². The van der Waals surface area contributed by atoms with Gasteiger partial charge in [-0.15, -0.1) is 0 Å². The summed E-state index contributed by atoms with van der Waals surface area (Å²) in [5.74, 6) is -0.734. The van der Waals surface area contributed by atoms with Crippen LogP contribution in [0.15, 0.2) is 65.3 Å². The largest absolute Gasteiger partial charge is 0.508 e. The van der Waals surface area contributed by atoms with Crippen molar-refractivity contribution in [3.63, 3.8) is 0 Å². The number of ether oxygens (including phenoxy) is 1. The number of hydrogen-bond acceptors (Lipinski definition) is 6. The van der Waals surface area contributed by atoms with Gasteiger partial charge in [0.25, 0.3) is 0 Å². The summed E-state index contributed by atoms with van der Waals surface area (Å²) < 4.78 is 12.2. The molecule has 2 saturated heterocycles. The predicted octanol–water partition coefficient (Wildman–Crippen LogP) is 4.73. The first kappa shape index (κ1) is 26.5. The molecule has 198 valence electrons. The van der Waals surface area contributed by atoms with Crippen LogP contribution in [-0.2, 0) is 14.2 Å². The fraction of sp³-hybridized carbons (Fsp3) is 0.379. The Kier molecular flexibility index (Phi) is 7.66. The van der Waals surface area contributed by atoms with Crippen molar-refractivity contribution < 1.29 is 29.1 Å². The third-order valence-electron chi connectivity index (χ3n) is 7.87. The van der Waals surface area contributed by atoms with Crippen molar-refractivity contribution >= 4 is 36.6 Å². The maximum Gasteiger partial charge on any atom is 0.455 e. The standard InChI is InChI=1S/C29H31BClNO6/c1-17(12-18-9-10-20(33)14-24(18)31)8-11-25-26-19(16-37-21-6-4-3-5-7-21)13-22-27(23(26)15-30(36)38-25)29(35)32(2)28(22)34/h3-7,9-10,12,14,22-23,25,27,33,36H,8,11,13,15-16H2,1-2H3/b17-12+/t22-,23+,25-,27-/m1/s1. The lowest BCUT2D eigenvalue weighted by atomic mass is 9.58. The zero-order valence-electron chi connectivity index (χ0n) is 21.5. The SMILES string of the molecule is C/C(=C\c1ccc(O)cc1Cl)CC[C@H]1OB(O)C[C@H]2C1=C(COc1ccccc1)C[C@H]1C(=O)N(C)C(=O)[C@H]12. The van der Waals surface area contributed by atoms with Crippen LogP contribution in [0.3, 0.4) is 0 Å². The van der Waals surface area contributed by atoms with Crippen molar-refractivity contribution in [2.75, 3.05) is 13.7 Å². The van der Waals surface area contributed by atoms with Gasteiger partial charge in [-0.1, -0.05) is 41.4 Å². The summed E-state index contributed by atoms with van der Waals surface area (Å²) in [5.41, 5.74) is 3.82. The molecule has 3 aliphatic rings. The van der Waals surface area contributed by atoms with Crippen molar-refractivity contribution in [1.82, 2.24) is 4.90 Å². The summed E-state index contributed by atoms with van der Waals surface area (Å²) in [6.45, 7) is 2.29. The van der Waals surface area contributed by atoms with Crippen molar-refractivity contribution in [3.05, 3.63) is 75.8 Å². The number of halogens is 1. The Bertz CT molecular complexity index is 1300. The van der Waals surface area contributed by atoms with Gasteiger partial charge in [0.1, 0.15) is 18.1 Å². The van der Waals surface area contributed by atoms with Crippen molar-refractivity contribution in [1.29, 1.82) is 0 Å². The molecule has 5 rings (SSSR count). The highest BCUT2D eigenvalue weighted by molar-refractivity contribution is 6.43. The molecule has 0 unspecified atom stereocenters. The van der Waals surface area contributed by atoms with Gasteiger partial charge in [-0.05, 0) is 85.5 Å². The van der Waals surface area contributed by atoms with Gasteiger partial charge in [0, 0.05) is 7.05 Å². The number of likely N-dealkylation sites (tertiary alicyclic amines) is 1. The van der Waals surface area contributed by atoms with Crippen LogP contribution in [0.4, 0.5) is 0 Å². The lowest BCUT2D eigenvalue weighted by Crippen LogP contribution is -2.46.